The number of hydrogen-bond acceptors (Lipinski definition) is 4. The van der Waals surface area contributed by atoms with Crippen molar-refractivity contribution in [2.75, 3.05) is 0 Å². The maximum Gasteiger partial charge on any atom is 0.243 e. The molecular formula is C11H19N3O. The summed E-state index contributed by atoms with van der Waals surface area (Å²) in [7, 11) is 0. The van der Waals surface area contributed by atoms with Crippen molar-refractivity contribution in [2.24, 2.45) is 11.7 Å². The molecule has 1 atom stereocenters. The summed E-state index contributed by atoms with van der Waals surface area (Å²) < 4.78 is 5.20. The fraction of sp³-hybridized carbons (Fsp3) is 0.818. The van der Waals surface area contributed by atoms with Gasteiger partial charge in [0.1, 0.15) is 0 Å². The maximum atomic E-state index is 5.97. The average Bonchev–Trinajstić information content (AvgIpc) is 2.48. The molecule has 0 bridgehead atoms. The Labute approximate surface area is 90.2 Å². The molecular weight excluding hydrogens is 190 g/mol. The molecule has 4 heteroatoms. The van der Waals surface area contributed by atoms with Crippen molar-refractivity contribution in [1.29, 1.82) is 0 Å². The van der Waals surface area contributed by atoms with Gasteiger partial charge in [0.05, 0.1) is 6.04 Å². The summed E-state index contributed by atoms with van der Waals surface area (Å²) in [6, 6.07) is -0.105. The molecule has 0 aliphatic heterocycles. The molecule has 0 radical (unpaired) electrons. The summed E-state index contributed by atoms with van der Waals surface area (Å²) in [5, 5.41) is 4.00. The monoisotopic (exact) mass is 209 g/mol. The first-order chi connectivity index (χ1) is 7.16. The lowest BCUT2D eigenvalue weighted by Gasteiger charge is -2.21. The standard InChI is InChI=1S/C11H19N3O/c1-7(2)6-9(12)11-13-10(14-15-11)8-4-3-5-8/h7-9H,3-6,12H2,1-2H3/t9-/m1/s1. The van der Waals surface area contributed by atoms with Crippen LogP contribution in [0.2, 0.25) is 0 Å². The van der Waals surface area contributed by atoms with Gasteiger partial charge in [0.2, 0.25) is 5.89 Å². The Morgan fingerprint density at radius 3 is 2.73 bits per heavy atom. The van der Waals surface area contributed by atoms with Crippen molar-refractivity contribution in [3.63, 3.8) is 0 Å². The van der Waals surface area contributed by atoms with Crippen LogP contribution in [0.1, 0.15) is 63.2 Å². The van der Waals surface area contributed by atoms with Crippen LogP contribution < -0.4 is 5.73 Å². The van der Waals surface area contributed by atoms with Gasteiger partial charge in [-0.3, -0.25) is 0 Å². The first kappa shape index (κ1) is 10.6. The van der Waals surface area contributed by atoms with E-state index in [0.717, 1.165) is 12.2 Å². The van der Waals surface area contributed by atoms with Crippen LogP contribution in [0.4, 0.5) is 0 Å². The van der Waals surface area contributed by atoms with Gasteiger partial charge < -0.3 is 10.3 Å². The highest BCUT2D eigenvalue weighted by atomic mass is 16.5. The molecule has 4 nitrogen and oxygen atoms in total. The van der Waals surface area contributed by atoms with Gasteiger partial charge in [-0.15, -0.1) is 0 Å². The van der Waals surface area contributed by atoms with Crippen LogP contribution in [-0.2, 0) is 0 Å². The van der Waals surface area contributed by atoms with Crippen molar-refractivity contribution < 1.29 is 4.52 Å². The van der Waals surface area contributed by atoms with E-state index in [4.69, 9.17) is 10.3 Å². The molecule has 1 heterocycles. The van der Waals surface area contributed by atoms with E-state index in [1.807, 2.05) is 0 Å². The van der Waals surface area contributed by atoms with Crippen molar-refractivity contribution in [3.05, 3.63) is 11.7 Å². The Balaban J connectivity index is 1.99. The summed E-state index contributed by atoms with van der Waals surface area (Å²) in [5.41, 5.74) is 5.97. The predicted molar refractivity (Wildman–Crippen MR) is 57.3 cm³/mol. The second kappa shape index (κ2) is 4.31. The summed E-state index contributed by atoms with van der Waals surface area (Å²) >= 11 is 0. The lowest BCUT2D eigenvalue weighted by molar-refractivity contribution is 0.322. The zero-order valence-corrected chi connectivity index (χ0v) is 9.44. The first-order valence-corrected chi connectivity index (χ1v) is 5.76. The molecule has 0 spiro atoms. The first-order valence-electron chi connectivity index (χ1n) is 5.76. The van der Waals surface area contributed by atoms with Crippen LogP contribution in [0, 0.1) is 5.92 Å². The maximum absolute atomic E-state index is 5.97. The SMILES string of the molecule is CC(C)C[C@@H](N)c1nc(C2CCC2)no1. The molecule has 84 valence electrons. The van der Waals surface area contributed by atoms with Gasteiger partial charge in [-0.2, -0.15) is 4.98 Å². The van der Waals surface area contributed by atoms with Crippen LogP contribution in [0.5, 0.6) is 0 Å². The number of hydrogen-bond donors (Lipinski definition) is 1. The van der Waals surface area contributed by atoms with Crippen molar-refractivity contribution >= 4 is 0 Å². The molecule has 1 fully saturated rings. The molecule has 2 rings (SSSR count). The van der Waals surface area contributed by atoms with E-state index in [9.17, 15) is 0 Å². The zero-order valence-electron chi connectivity index (χ0n) is 9.44. The highest BCUT2D eigenvalue weighted by molar-refractivity contribution is 5.01. The van der Waals surface area contributed by atoms with Gasteiger partial charge in [0.15, 0.2) is 5.82 Å². The predicted octanol–water partition coefficient (Wildman–Crippen LogP) is 2.38. The largest absolute Gasteiger partial charge is 0.338 e. The molecule has 0 saturated heterocycles. The van der Waals surface area contributed by atoms with E-state index in [1.165, 1.54) is 19.3 Å². The van der Waals surface area contributed by atoms with Crippen LogP contribution in [0.25, 0.3) is 0 Å². The number of aromatic nitrogens is 2. The van der Waals surface area contributed by atoms with Gasteiger partial charge in [-0.25, -0.2) is 0 Å². The normalized spacial score (nSPS) is 19.2. The molecule has 15 heavy (non-hydrogen) atoms. The average molecular weight is 209 g/mol. The molecule has 2 N–H and O–H groups in total. The van der Waals surface area contributed by atoms with E-state index in [0.29, 0.717) is 17.7 Å². The molecule has 1 aromatic heterocycles. The molecule has 0 amide bonds. The Morgan fingerprint density at radius 1 is 1.47 bits per heavy atom. The van der Waals surface area contributed by atoms with E-state index < -0.39 is 0 Å². The lowest BCUT2D eigenvalue weighted by atomic mass is 9.85. The molecule has 0 unspecified atom stereocenters. The molecule has 1 aliphatic carbocycles. The van der Waals surface area contributed by atoms with Gasteiger partial charge in [0.25, 0.3) is 0 Å². The van der Waals surface area contributed by atoms with Gasteiger partial charge >= 0.3 is 0 Å². The fourth-order valence-electron chi connectivity index (χ4n) is 1.84. The quantitative estimate of drug-likeness (QED) is 0.826. The molecule has 1 aromatic rings. The third-order valence-corrected chi connectivity index (χ3v) is 2.97. The zero-order chi connectivity index (χ0) is 10.8. The Bertz CT molecular complexity index is 317. The Kier molecular flexibility index (Phi) is 3.05. The topological polar surface area (TPSA) is 64.9 Å². The minimum Gasteiger partial charge on any atom is -0.338 e. The van der Waals surface area contributed by atoms with E-state index >= 15 is 0 Å². The second-order valence-corrected chi connectivity index (χ2v) is 4.85. The number of rotatable bonds is 4. The molecule has 1 aliphatic rings. The van der Waals surface area contributed by atoms with Crippen molar-refractivity contribution in [1.82, 2.24) is 10.1 Å². The summed E-state index contributed by atoms with van der Waals surface area (Å²) in [4.78, 5) is 4.38. The van der Waals surface area contributed by atoms with E-state index in [-0.39, 0.29) is 6.04 Å². The minimum atomic E-state index is -0.105. The molecule has 0 aromatic carbocycles. The van der Waals surface area contributed by atoms with E-state index in [1.54, 1.807) is 0 Å². The van der Waals surface area contributed by atoms with Crippen molar-refractivity contribution in [2.45, 2.75) is 51.5 Å². The summed E-state index contributed by atoms with van der Waals surface area (Å²) in [6.45, 7) is 4.28. The van der Waals surface area contributed by atoms with Gasteiger partial charge in [-0.1, -0.05) is 25.4 Å². The second-order valence-electron chi connectivity index (χ2n) is 4.85. The summed E-state index contributed by atoms with van der Waals surface area (Å²) in [5.74, 6) is 2.54. The number of nitrogens with two attached hydrogens (primary N) is 1. The van der Waals surface area contributed by atoms with Crippen LogP contribution in [0.15, 0.2) is 4.52 Å². The third kappa shape index (κ3) is 2.37. The third-order valence-electron chi connectivity index (χ3n) is 2.97. The molecule has 1 saturated carbocycles. The van der Waals surface area contributed by atoms with Crippen LogP contribution in [0.3, 0.4) is 0 Å². The summed E-state index contributed by atoms with van der Waals surface area (Å²) in [6.07, 6.45) is 4.57. The van der Waals surface area contributed by atoms with Crippen LogP contribution in [-0.4, -0.2) is 10.1 Å². The fourth-order valence-corrected chi connectivity index (χ4v) is 1.84. The Morgan fingerprint density at radius 2 is 2.20 bits per heavy atom. The highest BCUT2D eigenvalue weighted by Crippen LogP contribution is 2.34. The minimum absolute atomic E-state index is 0.105. The number of nitrogens with zero attached hydrogens (tertiary/aromatic N) is 2. The van der Waals surface area contributed by atoms with Crippen LogP contribution >= 0.6 is 0 Å². The van der Waals surface area contributed by atoms with Gasteiger partial charge in [-0.05, 0) is 25.2 Å². The smallest absolute Gasteiger partial charge is 0.243 e. The Hall–Kier alpha value is -0.900. The van der Waals surface area contributed by atoms with Crippen molar-refractivity contribution in [3.8, 4) is 0 Å². The van der Waals surface area contributed by atoms with E-state index in [2.05, 4.69) is 24.0 Å². The van der Waals surface area contributed by atoms with Gasteiger partial charge in [0, 0.05) is 5.92 Å². The highest BCUT2D eigenvalue weighted by Gasteiger charge is 2.26. The lowest BCUT2D eigenvalue weighted by Crippen LogP contribution is -2.14.